The highest BCUT2D eigenvalue weighted by atomic mass is 14.9. The number of fused-ring (bicyclic) bond motifs is 1. The Morgan fingerprint density at radius 2 is 1.88 bits per heavy atom. The van der Waals surface area contributed by atoms with E-state index in [2.05, 4.69) is 47.8 Å². The Morgan fingerprint density at radius 1 is 1.12 bits per heavy atom. The zero-order valence-electron chi connectivity index (χ0n) is 9.61. The maximum atomic E-state index is 5.71. The number of rotatable bonds is 4. The molecule has 0 saturated heterocycles. The smallest absolute Gasteiger partial charge is 0.0346 e. The van der Waals surface area contributed by atoms with Gasteiger partial charge in [0.25, 0.3) is 0 Å². The maximum absolute atomic E-state index is 5.71. The van der Waals surface area contributed by atoms with Crippen molar-refractivity contribution < 1.29 is 0 Å². The van der Waals surface area contributed by atoms with Gasteiger partial charge in [-0.15, -0.1) is 0 Å². The molecule has 1 unspecified atom stereocenters. The minimum Gasteiger partial charge on any atom is -0.385 e. The summed E-state index contributed by atoms with van der Waals surface area (Å²) < 4.78 is 0. The van der Waals surface area contributed by atoms with Crippen molar-refractivity contribution in [2.45, 2.75) is 19.4 Å². The van der Waals surface area contributed by atoms with Gasteiger partial charge in [-0.25, -0.2) is 0 Å². The number of hydrogen-bond donors (Lipinski definition) is 2. The zero-order valence-corrected chi connectivity index (χ0v) is 9.61. The second kappa shape index (κ2) is 4.99. The molecule has 0 amide bonds. The van der Waals surface area contributed by atoms with Crippen LogP contribution in [0.25, 0.3) is 10.8 Å². The summed E-state index contributed by atoms with van der Waals surface area (Å²) in [6, 6.07) is 15.1. The average molecular weight is 214 g/mol. The molecule has 0 bridgehead atoms. The second-order valence-corrected chi connectivity index (χ2v) is 4.25. The molecule has 2 nitrogen and oxygen atoms in total. The van der Waals surface area contributed by atoms with Gasteiger partial charge in [0.15, 0.2) is 0 Å². The predicted molar refractivity (Wildman–Crippen MR) is 70.7 cm³/mol. The zero-order chi connectivity index (χ0) is 11.4. The van der Waals surface area contributed by atoms with Crippen LogP contribution in [0.15, 0.2) is 42.5 Å². The highest BCUT2D eigenvalue weighted by Crippen LogP contribution is 2.18. The van der Waals surface area contributed by atoms with E-state index >= 15 is 0 Å². The van der Waals surface area contributed by atoms with Crippen molar-refractivity contribution in [1.29, 1.82) is 0 Å². The predicted octanol–water partition coefficient (Wildman–Crippen LogP) is 2.99. The first-order valence-electron chi connectivity index (χ1n) is 5.74. The fourth-order valence-corrected chi connectivity index (χ4v) is 1.74. The first kappa shape index (κ1) is 11.0. The summed E-state index contributed by atoms with van der Waals surface area (Å²) >= 11 is 0. The van der Waals surface area contributed by atoms with Gasteiger partial charge in [0.1, 0.15) is 0 Å². The Labute approximate surface area is 96.5 Å². The second-order valence-electron chi connectivity index (χ2n) is 4.25. The van der Waals surface area contributed by atoms with Crippen molar-refractivity contribution in [3.8, 4) is 0 Å². The van der Waals surface area contributed by atoms with E-state index in [1.807, 2.05) is 6.92 Å². The van der Waals surface area contributed by atoms with Crippen LogP contribution < -0.4 is 11.1 Å². The summed E-state index contributed by atoms with van der Waals surface area (Å²) in [4.78, 5) is 0. The highest BCUT2D eigenvalue weighted by Gasteiger charge is 1.96. The Morgan fingerprint density at radius 3 is 2.62 bits per heavy atom. The van der Waals surface area contributed by atoms with Crippen LogP contribution in [-0.4, -0.2) is 12.6 Å². The molecule has 0 spiro atoms. The lowest BCUT2D eigenvalue weighted by atomic mass is 10.1. The Balaban J connectivity index is 2.08. The topological polar surface area (TPSA) is 38.0 Å². The molecule has 2 aromatic carbocycles. The van der Waals surface area contributed by atoms with Gasteiger partial charge in [0.2, 0.25) is 0 Å². The first-order chi connectivity index (χ1) is 7.75. The minimum absolute atomic E-state index is 0.257. The SMILES string of the molecule is CC(N)CCNc1ccc2ccccc2c1. The summed E-state index contributed by atoms with van der Waals surface area (Å²) in [6.07, 6.45) is 0.993. The third kappa shape index (κ3) is 2.74. The third-order valence-corrected chi connectivity index (χ3v) is 2.68. The molecule has 0 aromatic heterocycles. The summed E-state index contributed by atoms with van der Waals surface area (Å²) in [6.45, 7) is 2.96. The summed E-state index contributed by atoms with van der Waals surface area (Å²) in [5, 5.41) is 5.94. The van der Waals surface area contributed by atoms with Crippen LogP contribution in [0.4, 0.5) is 5.69 Å². The molecule has 0 aliphatic heterocycles. The Kier molecular flexibility index (Phi) is 3.42. The van der Waals surface area contributed by atoms with Crippen LogP contribution >= 0.6 is 0 Å². The molecule has 0 aliphatic carbocycles. The molecular formula is C14H18N2. The summed E-state index contributed by atoms with van der Waals surface area (Å²) in [5.41, 5.74) is 6.87. The van der Waals surface area contributed by atoms with Crippen molar-refractivity contribution in [2.24, 2.45) is 5.73 Å². The molecule has 0 radical (unpaired) electrons. The molecule has 84 valence electrons. The van der Waals surface area contributed by atoms with Crippen LogP contribution in [0.2, 0.25) is 0 Å². The molecule has 2 aromatic rings. The quantitative estimate of drug-likeness (QED) is 0.821. The molecule has 1 atom stereocenters. The van der Waals surface area contributed by atoms with Crippen molar-refractivity contribution in [1.82, 2.24) is 0 Å². The molecule has 0 heterocycles. The van der Waals surface area contributed by atoms with E-state index < -0.39 is 0 Å². The highest BCUT2D eigenvalue weighted by molar-refractivity contribution is 5.85. The van der Waals surface area contributed by atoms with Crippen molar-refractivity contribution in [2.75, 3.05) is 11.9 Å². The molecule has 0 saturated carbocycles. The Hall–Kier alpha value is -1.54. The normalized spacial score (nSPS) is 12.6. The lowest BCUT2D eigenvalue weighted by Gasteiger charge is -2.09. The number of nitrogens with two attached hydrogens (primary N) is 1. The fraction of sp³-hybridized carbons (Fsp3) is 0.286. The number of benzene rings is 2. The molecular weight excluding hydrogens is 196 g/mol. The molecule has 2 heteroatoms. The van der Waals surface area contributed by atoms with Gasteiger partial charge in [0, 0.05) is 18.3 Å². The summed E-state index contributed by atoms with van der Waals surface area (Å²) in [7, 11) is 0. The van der Waals surface area contributed by atoms with Gasteiger partial charge in [-0.05, 0) is 36.2 Å². The van der Waals surface area contributed by atoms with E-state index in [9.17, 15) is 0 Å². The van der Waals surface area contributed by atoms with E-state index in [0.29, 0.717) is 0 Å². The van der Waals surface area contributed by atoms with Crippen molar-refractivity contribution in [3.63, 3.8) is 0 Å². The largest absolute Gasteiger partial charge is 0.385 e. The van der Waals surface area contributed by atoms with Gasteiger partial charge in [-0.1, -0.05) is 30.3 Å². The maximum Gasteiger partial charge on any atom is 0.0346 e. The van der Waals surface area contributed by atoms with Crippen molar-refractivity contribution >= 4 is 16.5 Å². The van der Waals surface area contributed by atoms with Gasteiger partial charge in [-0.2, -0.15) is 0 Å². The minimum atomic E-state index is 0.257. The van der Waals surface area contributed by atoms with Crippen LogP contribution in [0, 0.1) is 0 Å². The van der Waals surface area contributed by atoms with E-state index in [1.54, 1.807) is 0 Å². The van der Waals surface area contributed by atoms with E-state index in [-0.39, 0.29) is 6.04 Å². The molecule has 2 rings (SSSR count). The standard InChI is InChI=1S/C14H18N2/c1-11(15)8-9-16-14-7-6-12-4-2-3-5-13(12)10-14/h2-7,10-11,16H,8-9,15H2,1H3. The molecule has 0 fully saturated rings. The Bertz CT molecular complexity index is 463. The number of anilines is 1. The van der Waals surface area contributed by atoms with Gasteiger partial charge in [0.05, 0.1) is 0 Å². The van der Waals surface area contributed by atoms with E-state index in [4.69, 9.17) is 5.73 Å². The molecule has 3 N–H and O–H groups in total. The lowest BCUT2D eigenvalue weighted by Crippen LogP contribution is -2.19. The van der Waals surface area contributed by atoms with E-state index in [0.717, 1.165) is 13.0 Å². The fourth-order valence-electron chi connectivity index (χ4n) is 1.74. The lowest BCUT2D eigenvalue weighted by molar-refractivity contribution is 0.690. The monoisotopic (exact) mass is 214 g/mol. The van der Waals surface area contributed by atoms with Gasteiger partial charge in [-0.3, -0.25) is 0 Å². The van der Waals surface area contributed by atoms with Gasteiger partial charge < -0.3 is 11.1 Å². The van der Waals surface area contributed by atoms with Crippen LogP contribution in [0.5, 0.6) is 0 Å². The molecule has 16 heavy (non-hydrogen) atoms. The first-order valence-corrected chi connectivity index (χ1v) is 5.74. The summed E-state index contributed by atoms with van der Waals surface area (Å²) in [5.74, 6) is 0. The van der Waals surface area contributed by atoms with Gasteiger partial charge >= 0.3 is 0 Å². The van der Waals surface area contributed by atoms with Crippen LogP contribution in [-0.2, 0) is 0 Å². The van der Waals surface area contributed by atoms with E-state index in [1.165, 1.54) is 16.5 Å². The van der Waals surface area contributed by atoms with Crippen LogP contribution in [0.3, 0.4) is 0 Å². The number of hydrogen-bond acceptors (Lipinski definition) is 2. The van der Waals surface area contributed by atoms with Crippen LogP contribution in [0.1, 0.15) is 13.3 Å². The van der Waals surface area contributed by atoms with Crippen molar-refractivity contribution in [3.05, 3.63) is 42.5 Å². The average Bonchev–Trinajstić information content (AvgIpc) is 2.28. The third-order valence-electron chi connectivity index (χ3n) is 2.68. The number of nitrogens with one attached hydrogen (secondary N) is 1. The molecule has 0 aliphatic rings.